The molecule has 0 atom stereocenters. The molecule has 1 fully saturated rings. The lowest BCUT2D eigenvalue weighted by Crippen LogP contribution is -2.45. The summed E-state index contributed by atoms with van der Waals surface area (Å²) in [6.45, 7) is 2.10. The van der Waals surface area contributed by atoms with Crippen molar-refractivity contribution in [1.82, 2.24) is 5.32 Å². The quantitative estimate of drug-likeness (QED) is 0.828. The number of rotatable bonds is 5. The molecule has 0 bridgehead atoms. The maximum atomic E-state index is 13.0. The van der Waals surface area contributed by atoms with E-state index in [9.17, 15) is 8.78 Å². The lowest BCUT2D eigenvalue weighted by atomic mass is 9.69. The van der Waals surface area contributed by atoms with Crippen LogP contribution in [-0.4, -0.2) is 13.1 Å². The molecular formula is C13H18F2N2. The van der Waals surface area contributed by atoms with Gasteiger partial charge in [-0.3, -0.25) is 0 Å². The van der Waals surface area contributed by atoms with Gasteiger partial charge in [-0.25, -0.2) is 8.78 Å². The van der Waals surface area contributed by atoms with E-state index < -0.39 is 11.6 Å². The van der Waals surface area contributed by atoms with Crippen molar-refractivity contribution >= 4 is 0 Å². The minimum Gasteiger partial charge on any atom is -0.330 e. The Labute approximate surface area is 100 Å². The minimum absolute atomic E-state index is 0.235. The molecule has 1 aliphatic rings. The Kier molecular flexibility index (Phi) is 3.74. The van der Waals surface area contributed by atoms with Crippen LogP contribution in [0.4, 0.5) is 8.78 Å². The summed E-state index contributed by atoms with van der Waals surface area (Å²) in [6, 6.07) is 3.99. The van der Waals surface area contributed by atoms with Gasteiger partial charge in [0.1, 0.15) is 0 Å². The summed E-state index contributed by atoms with van der Waals surface area (Å²) in [5.41, 5.74) is 6.74. The maximum absolute atomic E-state index is 13.0. The standard InChI is InChI=1S/C13H18F2N2/c14-11-3-2-10(6-12(11)15)7-17-9-13(8-16)4-1-5-13/h2-3,6,17H,1,4-5,7-9,16H2. The number of nitrogens with one attached hydrogen (secondary N) is 1. The zero-order chi connectivity index (χ0) is 12.3. The Bertz CT molecular complexity index is 383. The number of benzene rings is 1. The van der Waals surface area contributed by atoms with Crippen molar-refractivity contribution in [2.24, 2.45) is 11.1 Å². The largest absolute Gasteiger partial charge is 0.330 e. The van der Waals surface area contributed by atoms with E-state index in [0.717, 1.165) is 31.0 Å². The molecule has 3 N–H and O–H groups in total. The number of hydrogen-bond acceptors (Lipinski definition) is 2. The van der Waals surface area contributed by atoms with Crippen LogP contribution in [0.2, 0.25) is 0 Å². The van der Waals surface area contributed by atoms with Crippen molar-refractivity contribution in [3.8, 4) is 0 Å². The first-order chi connectivity index (χ1) is 8.15. The summed E-state index contributed by atoms with van der Waals surface area (Å²) < 4.78 is 25.7. The highest BCUT2D eigenvalue weighted by Gasteiger charge is 2.34. The van der Waals surface area contributed by atoms with E-state index in [1.807, 2.05) is 0 Å². The topological polar surface area (TPSA) is 38.0 Å². The van der Waals surface area contributed by atoms with Crippen molar-refractivity contribution in [1.29, 1.82) is 0 Å². The monoisotopic (exact) mass is 240 g/mol. The second-order valence-electron chi connectivity index (χ2n) is 4.91. The molecule has 1 aromatic rings. The van der Waals surface area contributed by atoms with Gasteiger partial charge in [-0.2, -0.15) is 0 Å². The van der Waals surface area contributed by atoms with Gasteiger partial charge in [-0.1, -0.05) is 12.5 Å². The van der Waals surface area contributed by atoms with Crippen LogP contribution in [0.25, 0.3) is 0 Å². The first-order valence-corrected chi connectivity index (χ1v) is 6.00. The van der Waals surface area contributed by atoms with Gasteiger partial charge in [0, 0.05) is 13.1 Å². The van der Waals surface area contributed by atoms with E-state index in [1.165, 1.54) is 12.5 Å². The first-order valence-electron chi connectivity index (χ1n) is 6.00. The number of nitrogens with two attached hydrogens (primary N) is 1. The van der Waals surface area contributed by atoms with Crippen LogP contribution < -0.4 is 11.1 Å². The summed E-state index contributed by atoms with van der Waals surface area (Å²) >= 11 is 0. The van der Waals surface area contributed by atoms with Crippen LogP contribution in [0.3, 0.4) is 0 Å². The summed E-state index contributed by atoms with van der Waals surface area (Å²) in [4.78, 5) is 0. The van der Waals surface area contributed by atoms with E-state index in [4.69, 9.17) is 5.73 Å². The van der Waals surface area contributed by atoms with Gasteiger partial charge in [0.05, 0.1) is 0 Å². The molecule has 1 saturated carbocycles. The minimum atomic E-state index is -0.800. The van der Waals surface area contributed by atoms with Crippen molar-refractivity contribution in [3.05, 3.63) is 35.4 Å². The smallest absolute Gasteiger partial charge is 0.159 e. The van der Waals surface area contributed by atoms with Gasteiger partial charge < -0.3 is 11.1 Å². The van der Waals surface area contributed by atoms with Gasteiger partial charge in [0.25, 0.3) is 0 Å². The molecule has 0 heterocycles. The fraction of sp³-hybridized carbons (Fsp3) is 0.538. The van der Waals surface area contributed by atoms with Crippen molar-refractivity contribution in [2.45, 2.75) is 25.8 Å². The highest BCUT2D eigenvalue weighted by molar-refractivity contribution is 5.17. The average Bonchev–Trinajstić information content (AvgIpc) is 2.27. The number of halogens is 2. The Hall–Kier alpha value is -1.00. The molecule has 2 nitrogen and oxygen atoms in total. The molecule has 0 saturated heterocycles. The summed E-state index contributed by atoms with van der Waals surface area (Å²) in [7, 11) is 0. The lowest BCUT2D eigenvalue weighted by molar-refractivity contribution is 0.141. The predicted molar refractivity (Wildman–Crippen MR) is 63.4 cm³/mol. The molecular weight excluding hydrogens is 222 g/mol. The Balaban J connectivity index is 1.83. The zero-order valence-electron chi connectivity index (χ0n) is 9.81. The normalized spacial score (nSPS) is 17.8. The van der Waals surface area contributed by atoms with Crippen LogP contribution in [0, 0.1) is 17.0 Å². The Morgan fingerprint density at radius 1 is 1.24 bits per heavy atom. The van der Waals surface area contributed by atoms with Gasteiger partial charge in [0.2, 0.25) is 0 Å². The number of hydrogen-bond donors (Lipinski definition) is 2. The van der Waals surface area contributed by atoms with E-state index in [0.29, 0.717) is 13.1 Å². The molecule has 94 valence electrons. The molecule has 1 aromatic carbocycles. The van der Waals surface area contributed by atoms with E-state index in [2.05, 4.69) is 5.32 Å². The average molecular weight is 240 g/mol. The molecule has 0 radical (unpaired) electrons. The van der Waals surface area contributed by atoms with Crippen LogP contribution in [-0.2, 0) is 6.54 Å². The fourth-order valence-corrected chi connectivity index (χ4v) is 2.25. The lowest BCUT2D eigenvalue weighted by Gasteiger charge is -2.41. The Morgan fingerprint density at radius 2 is 2.00 bits per heavy atom. The molecule has 1 aliphatic carbocycles. The summed E-state index contributed by atoms with van der Waals surface area (Å²) in [5.74, 6) is -1.59. The van der Waals surface area contributed by atoms with E-state index in [-0.39, 0.29) is 5.41 Å². The van der Waals surface area contributed by atoms with Crippen molar-refractivity contribution in [3.63, 3.8) is 0 Å². The second-order valence-corrected chi connectivity index (χ2v) is 4.91. The van der Waals surface area contributed by atoms with Crippen molar-refractivity contribution in [2.75, 3.05) is 13.1 Å². The molecule has 2 rings (SSSR count). The van der Waals surface area contributed by atoms with Crippen LogP contribution in [0.15, 0.2) is 18.2 Å². The summed E-state index contributed by atoms with van der Waals surface area (Å²) in [5, 5.41) is 3.27. The van der Waals surface area contributed by atoms with Gasteiger partial charge in [-0.05, 0) is 42.5 Å². The molecule has 0 spiro atoms. The molecule has 4 heteroatoms. The van der Waals surface area contributed by atoms with Gasteiger partial charge in [-0.15, -0.1) is 0 Å². The molecule has 0 aromatic heterocycles. The predicted octanol–water partition coefficient (Wildman–Crippen LogP) is 2.18. The van der Waals surface area contributed by atoms with Crippen LogP contribution >= 0.6 is 0 Å². The summed E-state index contributed by atoms with van der Waals surface area (Å²) in [6.07, 6.45) is 3.56. The van der Waals surface area contributed by atoms with Gasteiger partial charge in [0.15, 0.2) is 11.6 Å². The van der Waals surface area contributed by atoms with Crippen molar-refractivity contribution < 1.29 is 8.78 Å². The van der Waals surface area contributed by atoms with Gasteiger partial charge >= 0.3 is 0 Å². The fourth-order valence-electron chi connectivity index (χ4n) is 2.25. The SMILES string of the molecule is NCC1(CNCc2ccc(F)c(F)c2)CCC1. The van der Waals surface area contributed by atoms with E-state index in [1.54, 1.807) is 6.07 Å². The molecule has 0 aliphatic heterocycles. The molecule has 0 unspecified atom stereocenters. The third-order valence-corrected chi connectivity index (χ3v) is 3.66. The van der Waals surface area contributed by atoms with E-state index >= 15 is 0 Å². The third kappa shape index (κ3) is 2.82. The molecule has 17 heavy (non-hydrogen) atoms. The Morgan fingerprint density at radius 3 is 2.53 bits per heavy atom. The third-order valence-electron chi connectivity index (χ3n) is 3.66. The van der Waals surface area contributed by atoms with Crippen LogP contribution in [0.5, 0.6) is 0 Å². The highest BCUT2D eigenvalue weighted by Crippen LogP contribution is 2.39. The molecule has 0 amide bonds. The van der Waals surface area contributed by atoms with Crippen LogP contribution in [0.1, 0.15) is 24.8 Å². The second kappa shape index (κ2) is 5.10. The highest BCUT2D eigenvalue weighted by atomic mass is 19.2. The zero-order valence-corrected chi connectivity index (χ0v) is 9.81. The maximum Gasteiger partial charge on any atom is 0.159 e. The first kappa shape index (κ1) is 12.5.